The van der Waals surface area contributed by atoms with Crippen molar-refractivity contribution in [3.8, 4) is 23.3 Å². The van der Waals surface area contributed by atoms with E-state index in [0.29, 0.717) is 53.9 Å². The molecular formula is C29H34ClN4O4. The fourth-order valence-electron chi connectivity index (χ4n) is 4.28. The van der Waals surface area contributed by atoms with Gasteiger partial charge in [-0.25, -0.2) is 10.3 Å². The van der Waals surface area contributed by atoms with Crippen LogP contribution >= 0.6 is 11.6 Å². The minimum absolute atomic E-state index is 0.0215. The van der Waals surface area contributed by atoms with E-state index in [1.165, 1.54) is 0 Å². The molecule has 1 amide bonds. The Bertz CT molecular complexity index is 1300. The first kappa shape index (κ1) is 28.9. The summed E-state index contributed by atoms with van der Waals surface area (Å²) < 4.78 is 18.3. The molecular weight excluding hydrogens is 504 g/mol. The highest BCUT2D eigenvalue weighted by atomic mass is 35.5. The fraction of sp³-hybridized carbons (Fsp3) is 0.414. The number of carbonyl (C=O) groups is 1. The predicted molar refractivity (Wildman–Crippen MR) is 146 cm³/mol. The number of halogens is 1. The highest BCUT2D eigenvalue weighted by Gasteiger charge is 2.18. The van der Waals surface area contributed by atoms with Crippen molar-refractivity contribution in [3.05, 3.63) is 69.8 Å². The van der Waals surface area contributed by atoms with Crippen molar-refractivity contribution >= 4 is 17.5 Å². The van der Waals surface area contributed by atoms with Gasteiger partial charge < -0.3 is 18.8 Å². The Kier molecular flexibility index (Phi) is 10.4. The molecule has 9 heteroatoms. The highest BCUT2D eigenvalue weighted by molar-refractivity contribution is 6.33. The average molecular weight is 538 g/mol. The van der Waals surface area contributed by atoms with E-state index < -0.39 is 0 Å². The highest BCUT2D eigenvalue weighted by Crippen LogP contribution is 2.38. The third kappa shape index (κ3) is 7.20. The van der Waals surface area contributed by atoms with Crippen molar-refractivity contribution < 1.29 is 19.0 Å². The Hall–Kier alpha value is -3.70. The van der Waals surface area contributed by atoms with E-state index in [1.807, 2.05) is 60.9 Å². The summed E-state index contributed by atoms with van der Waals surface area (Å²) in [5, 5.41) is 13.7. The van der Waals surface area contributed by atoms with E-state index in [4.69, 9.17) is 31.1 Å². The molecule has 38 heavy (non-hydrogen) atoms. The topological polar surface area (TPSA) is 100 Å². The molecule has 0 bridgehead atoms. The molecule has 1 atom stereocenters. The predicted octanol–water partition coefficient (Wildman–Crippen LogP) is 5.41. The molecule has 3 rings (SSSR count). The number of hydrogen-bond donors (Lipinski definition) is 0. The zero-order chi connectivity index (χ0) is 27.7. The van der Waals surface area contributed by atoms with E-state index in [0.717, 1.165) is 22.5 Å². The van der Waals surface area contributed by atoms with E-state index >= 15 is 0 Å². The molecule has 0 aliphatic rings. The second kappa shape index (κ2) is 13.7. The lowest BCUT2D eigenvalue weighted by atomic mass is 9.96. The number of carbonyl (C=O) groups excluding carboxylic acids is 1. The Morgan fingerprint density at radius 1 is 1.13 bits per heavy atom. The molecule has 0 fully saturated rings. The molecule has 0 aliphatic carbocycles. The lowest BCUT2D eigenvalue weighted by Gasteiger charge is -2.16. The Morgan fingerprint density at radius 2 is 1.89 bits per heavy atom. The SMILES string of the molecule is COc1ccc(CC(C)CCC(=O)[N]Cc2nc(C)c(C)n2Cc2ccccc2OCC#N)c(Cl)c1OC. The van der Waals surface area contributed by atoms with Crippen molar-refractivity contribution in [2.75, 3.05) is 20.8 Å². The van der Waals surface area contributed by atoms with E-state index in [-0.39, 0.29) is 25.0 Å². The van der Waals surface area contributed by atoms with Gasteiger partial charge in [0.25, 0.3) is 0 Å². The number of imidazole rings is 1. The largest absolute Gasteiger partial charge is 0.493 e. The third-order valence-corrected chi connectivity index (χ3v) is 6.93. The van der Waals surface area contributed by atoms with E-state index in [2.05, 4.69) is 17.2 Å². The monoisotopic (exact) mass is 537 g/mol. The number of hydrogen-bond acceptors (Lipinski definition) is 6. The van der Waals surface area contributed by atoms with Crippen LogP contribution in [0.2, 0.25) is 5.02 Å². The second-order valence-electron chi connectivity index (χ2n) is 9.17. The third-order valence-electron chi connectivity index (χ3n) is 6.51. The van der Waals surface area contributed by atoms with Gasteiger partial charge in [0, 0.05) is 17.7 Å². The van der Waals surface area contributed by atoms with Crippen LogP contribution in [0.25, 0.3) is 0 Å². The summed E-state index contributed by atoms with van der Waals surface area (Å²) in [6.45, 7) is 6.71. The Balaban J connectivity index is 1.58. The van der Waals surface area contributed by atoms with Gasteiger partial charge in [-0.2, -0.15) is 5.26 Å². The number of benzene rings is 2. The molecule has 1 heterocycles. The number of ether oxygens (including phenoxy) is 3. The lowest BCUT2D eigenvalue weighted by Crippen LogP contribution is -2.19. The van der Waals surface area contributed by atoms with Crippen LogP contribution in [0, 0.1) is 31.1 Å². The van der Waals surface area contributed by atoms with Crippen molar-refractivity contribution in [1.82, 2.24) is 14.9 Å². The molecule has 0 spiro atoms. The van der Waals surface area contributed by atoms with Crippen molar-refractivity contribution in [2.45, 2.75) is 53.1 Å². The maximum Gasteiger partial charge on any atom is 0.241 e. The van der Waals surface area contributed by atoms with Crippen LogP contribution < -0.4 is 19.5 Å². The van der Waals surface area contributed by atoms with Gasteiger partial charge in [0.05, 0.1) is 31.5 Å². The van der Waals surface area contributed by atoms with Crippen molar-refractivity contribution in [2.24, 2.45) is 5.92 Å². The quantitative estimate of drug-likeness (QED) is 0.289. The molecule has 0 aliphatic heterocycles. The van der Waals surface area contributed by atoms with Crippen LogP contribution in [0.3, 0.4) is 0 Å². The molecule has 8 nitrogen and oxygen atoms in total. The van der Waals surface area contributed by atoms with Crippen LogP contribution in [-0.4, -0.2) is 36.3 Å². The van der Waals surface area contributed by atoms with Gasteiger partial charge in [-0.3, -0.25) is 4.79 Å². The summed E-state index contributed by atoms with van der Waals surface area (Å²) >= 11 is 6.52. The zero-order valence-corrected chi connectivity index (χ0v) is 23.3. The second-order valence-corrected chi connectivity index (χ2v) is 9.55. The standard InChI is InChI=1S/C29H34ClN4O4/c1-19(16-22-11-12-25(36-4)29(37-5)28(22)30)10-13-27(35)32-17-26-33-20(2)21(3)34(26)18-23-8-6-7-9-24(23)38-15-14-31/h6-9,11-12,19H,10,13,15-18H2,1-5H3. The molecule has 1 radical (unpaired) electrons. The lowest BCUT2D eigenvalue weighted by molar-refractivity contribution is -0.121. The molecule has 201 valence electrons. The van der Waals surface area contributed by atoms with E-state index in [1.54, 1.807) is 14.2 Å². The summed E-state index contributed by atoms with van der Waals surface area (Å²) in [5.41, 5.74) is 3.77. The first-order chi connectivity index (χ1) is 18.3. The number of aromatic nitrogens is 2. The van der Waals surface area contributed by atoms with Gasteiger partial charge in [-0.05, 0) is 50.3 Å². The van der Waals surface area contributed by atoms with Gasteiger partial charge in [-0.1, -0.05) is 42.8 Å². The summed E-state index contributed by atoms with van der Waals surface area (Å²) in [6, 6.07) is 13.4. The van der Waals surface area contributed by atoms with Gasteiger partial charge in [0.2, 0.25) is 5.91 Å². The molecule has 1 unspecified atom stereocenters. The van der Waals surface area contributed by atoms with Gasteiger partial charge in [0.15, 0.2) is 18.1 Å². The van der Waals surface area contributed by atoms with Gasteiger partial charge in [-0.15, -0.1) is 0 Å². The number of nitriles is 1. The Labute approximate surface area is 229 Å². The normalized spacial score (nSPS) is 11.5. The van der Waals surface area contributed by atoms with Crippen LogP contribution in [0.4, 0.5) is 0 Å². The molecule has 0 saturated carbocycles. The number of nitrogens with zero attached hydrogens (tertiary/aromatic N) is 4. The average Bonchev–Trinajstić information content (AvgIpc) is 3.18. The van der Waals surface area contributed by atoms with E-state index in [9.17, 15) is 4.79 Å². The van der Waals surface area contributed by atoms with Crippen molar-refractivity contribution in [1.29, 1.82) is 5.26 Å². The van der Waals surface area contributed by atoms with Crippen LogP contribution in [-0.2, 0) is 24.3 Å². The van der Waals surface area contributed by atoms with Crippen molar-refractivity contribution in [3.63, 3.8) is 0 Å². The first-order valence-electron chi connectivity index (χ1n) is 12.5. The molecule has 0 saturated heterocycles. The maximum absolute atomic E-state index is 12.6. The number of amides is 1. The minimum atomic E-state index is -0.155. The van der Waals surface area contributed by atoms with Gasteiger partial charge >= 0.3 is 0 Å². The number of aryl methyl sites for hydroxylation is 1. The number of methoxy groups -OCH3 is 2. The van der Waals surface area contributed by atoms with Crippen LogP contribution in [0.1, 0.15) is 48.1 Å². The number of rotatable bonds is 13. The summed E-state index contributed by atoms with van der Waals surface area (Å²) in [5.74, 6) is 2.55. The number of para-hydroxylation sites is 1. The maximum atomic E-state index is 12.6. The zero-order valence-electron chi connectivity index (χ0n) is 22.6. The molecule has 1 aromatic heterocycles. The van der Waals surface area contributed by atoms with Crippen LogP contribution in [0.5, 0.6) is 17.2 Å². The molecule has 3 aromatic rings. The smallest absolute Gasteiger partial charge is 0.241 e. The molecule has 2 aromatic carbocycles. The van der Waals surface area contributed by atoms with Crippen LogP contribution in [0.15, 0.2) is 36.4 Å². The fourth-order valence-corrected chi connectivity index (χ4v) is 4.59. The summed E-state index contributed by atoms with van der Waals surface area (Å²) in [4.78, 5) is 17.3. The van der Waals surface area contributed by atoms with Gasteiger partial charge in [0.1, 0.15) is 24.2 Å². The molecule has 0 N–H and O–H groups in total. The summed E-state index contributed by atoms with van der Waals surface area (Å²) in [7, 11) is 3.14. The summed E-state index contributed by atoms with van der Waals surface area (Å²) in [6.07, 6.45) is 1.74. The Morgan fingerprint density at radius 3 is 2.61 bits per heavy atom. The minimum Gasteiger partial charge on any atom is -0.493 e. The first-order valence-corrected chi connectivity index (χ1v) is 12.9.